The summed E-state index contributed by atoms with van der Waals surface area (Å²) in [5, 5.41) is 12.8. The van der Waals surface area contributed by atoms with Crippen LogP contribution >= 0.6 is 11.3 Å². The van der Waals surface area contributed by atoms with Gasteiger partial charge in [0.1, 0.15) is 0 Å². The Morgan fingerprint density at radius 3 is 2.80 bits per heavy atom. The highest BCUT2D eigenvalue weighted by Crippen LogP contribution is 2.14. The second kappa shape index (κ2) is 6.20. The number of thiazole rings is 1. The maximum atomic E-state index is 9.77. The van der Waals surface area contributed by atoms with Crippen LogP contribution in [0.3, 0.4) is 0 Å². The Morgan fingerprint density at radius 2 is 2.27 bits per heavy atom. The minimum atomic E-state index is -0.298. The molecule has 0 bridgehead atoms. The minimum Gasteiger partial charge on any atom is -0.393 e. The molecule has 15 heavy (non-hydrogen) atoms. The number of aliphatic hydroxyl groups excluding tert-OH is 1. The van der Waals surface area contributed by atoms with Crippen LogP contribution < -0.4 is 0 Å². The first-order valence-corrected chi connectivity index (χ1v) is 6.11. The van der Waals surface area contributed by atoms with Crippen LogP contribution in [0.25, 0.3) is 0 Å². The van der Waals surface area contributed by atoms with E-state index in [1.165, 1.54) is 0 Å². The Labute approximate surface area is 95.1 Å². The molecule has 0 aliphatic rings. The van der Waals surface area contributed by atoms with Crippen LogP contribution in [0.5, 0.6) is 0 Å². The number of hydrogen-bond acceptors (Lipinski definition) is 4. The van der Waals surface area contributed by atoms with Gasteiger partial charge >= 0.3 is 0 Å². The summed E-state index contributed by atoms with van der Waals surface area (Å²) in [5.41, 5.74) is 1.03. The van der Waals surface area contributed by atoms with Crippen LogP contribution in [-0.4, -0.2) is 29.4 Å². The maximum Gasteiger partial charge on any atom is 0.0953 e. The van der Waals surface area contributed by atoms with E-state index in [4.69, 9.17) is 4.74 Å². The molecule has 3 nitrogen and oxygen atoms in total. The molecule has 1 aromatic rings. The van der Waals surface area contributed by atoms with Crippen LogP contribution in [0.1, 0.15) is 30.5 Å². The van der Waals surface area contributed by atoms with Crippen molar-refractivity contribution < 1.29 is 9.84 Å². The Balaban J connectivity index is 2.27. The molecule has 0 saturated heterocycles. The predicted molar refractivity (Wildman–Crippen MR) is 62.3 cm³/mol. The molecular formula is C11H19NO2S. The van der Waals surface area contributed by atoms with Crippen molar-refractivity contribution in [2.75, 3.05) is 7.11 Å². The van der Waals surface area contributed by atoms with E-state index in [0.717, 1.165) is 23.5 Å². The number of rotatable bonds is 6. The normalized spacial score (nSPS) is 15.2. The third-order valence-corrected chi connectivity index (χ3v) is 3.37. The van der Waals surface area contributed by atoms with E-state index in [2.05, 4.69) is 4.98 Å². The quantitative estimate of drug-likeness (QED) is 0.813. The molecular weight excluding hydrogens is 210 g/mol. The van der Waals surface area contributed by atoms with Gasteiger partial charge in [0.15, 0.2) is 0 Å². The van der Waals surface area contributed by atoms with Gasteiger partial charge in [-0.2, -0.15) is 0 Å². The SMILES string of the molecule is COC(C)CCC(O)Cc1nc(C)cs1. The monoisotopic (exact) mass is 229 g/mol. The van der Waals surface area contributed by atoms with Gasteiger partial charge in [-0.25, -0.2) is 4.98 Å². The summed E-state index contributed by atoms with van der Waals surface area (Å²) in [5.74, 6) is 0. The van der Waals surface area contributed by atoms with Crippen molar-refractivity contribution >= 4 is 11.3 Å². The second-order valence-corrected chi connectivity index (χ2v) is 4.81. The number of aliphatic hydroxyl groups is 1. The first-order valence-electron chi connectivity index (χ1n) is 5.23. The smallest absolute Gasteiger partial charge is 0.0953 e. The van der Waals surface area contributed by atoms with Crippen molar-refractivity contribution in [3.8, 4) is 0 Å². The van der Waals surface area contributed by atoms with E-state index in [-0.39, 0.29) is 12.2 Å². The molecule has 0 spiro atoms. The van der Waals surface area contributed by atoms with E-state index >= 15 is 0 Å². The van der Waals surface area contributed by atoms with Gasteiger partial charge in [-0.1, -0.05) is 0 Å². The van der Waals surface area contributed by atoms with E-state index in [1.54, 1.807) is 18.4 Å². The second-order valence-electron chi connectivity index (χ2n) is 3.86. The summed E-state index contributed by atoms with van der Waals surface area (Å²) in [6.45, 7) is 3.99. The first-order chi connectivity index (χ1) is 7.11. The number of aryl methyl sites for hydroxylation is 1. The van der Waals surface area contributed by atoms with Crippen molar-refractivity contribution in [1.82, 2.24) is 4.98 Å². The molecule has 86 valence electrons. The molecule has 0 aromatic carbocycles. The van der Waals surface area contributed by atoms with Crippen molar-refractivity contribution in [2.24, 2.45) is 0 Å². The Morgan fingerprint density at radius 1 is 1.53 bits per heavy atom. The molecule has 1 N–H and O–H groups in total. The molecule has 0 radical (unpaired) electrons. The molecule has 0 saturated carbocycles. The third kappa shape index (κ3) is 4.73. The van der Waals surface area contributed by atoms with Gasteiger partial charge in [-0.15, -0.1) is 11.3 Å². The highest BCUT2D eigenvalue weighted by molar-refractivity contribution is 7.09. The molecule has 2 unspecified atom stereocenters. The summed E-state index contributed by atoms with van der Waals surface area (Å²) in [6.07, 6.45) is 2.25. The largest absolute Gasteiger partial charge is 0.393 e. The fraction of sp³-hybridized carbons (Fsp3) is 0.727. The molecule has 1 aromatic heterocycles. The van der Waals surface area contributed by atoms with Crippen LogP contribution in [-0.2, 0) is 11.2 Å². The lowest BCUT2D eigenvalue weighted by molar-refractivity contribution is 0.0851. The highest BCUT2D eigenvalue weighted by atomic mass is 32.1. The molecule has 0 aliphatic heterocycles. The fourth-order valence-corrected chi connectivity index (χ4v) is 2.19. The standard InChI is InChI=1S/C11H19NO2S/c1-8-7-15-11(12-8)6-10(13)5-4-9(2)14-3/h7,9-10,13H,4-6H2,1-3H3. The number of nitrogens with zero attached hydrogens (tertiary/aromatic N) is 1. The summed E-state index contributed by atoms with van der Waals surface area (Å²) in [7, 11) is 1.70. The molecule has 0 amide bonds. The van der Waals surface area contributed by atoms with E-state index in [9.17, 15) is 5.11 Å². The van der Waals surface area contributed by atoms with Crippen LogP contribution in [0, 0.1) is 6.92 Å². The molecule has 1 rings (SSSR count). The lowest BCUT2D eigenvalue weighted by Crippen LogP contribution is -2.14. The van der Waals surface area contributed by atoms with E-state index in [0.29, 0.717) is 6.42 Å². The predicted octanol–water partition coefficient (Wildman–Crippen LogP) is 2.17. The van der Waals surface area contributed by atoms with Crippen LogP contribution in [0.4, 0.5) is 0 Å². The van der Waals surface area contributed by atoms with Crippen molar-refractivity contribution in [2.45, 2.75) is 45.3 Å². The van der Waals surface area contributed by atoms with Crippen LogP contribution in [0.15, 0.2) is 5.38 Å². The lowest BCUT2D eigenvalue weighted by atomic mass is 10.1. The number of ether oxygens (including phenoxy) is 1. The molecule has 0 fully saturated rings. The topological polar surface area (TPSA) is 42.4 Å². The average Bonchev–Trinajstić information content (AvgIpc) is 2.60. The molecule has 4 heteroatoms. The Kier molecular flexibility index (Phi) is 5.22. The van der Waals surface area contributed by atoms with Crippen LogP contribution in [0.2, 0.25) is 0 Å². The lowest BCUT2D eigenvalue weighted by Gasteiger charge is -2.12. The molecule has 1 heterocycles. The Hall–Kier alpha value is -0.450. The van der Waals surface area contributed by atoms with Crippen molar-refractivity contribution in [1.29, 1.82) is 0 Å². The summed E-state index contributed by atoms with van der Waals surface area (Å²) >= 11 is 1.62. The maximum absolute atomic E-state index is 9.77. The van der Waals surface area contributed by atoms with Gasteiger partial charge in [0.25, 0.3) is 0 Å². The summed E-state index contributed by atoms with van der Waals surface area (Å²) in [6, 6.07) is 0. The third-order valence-electron chi connectivity index (χ3n) is 2.39. The zero-order valence-corrected chi connectivity index (χ0v) is 10.4. The number of hydrogen-bond donors (Lipinski definition) is 1. The zero-order chi connectivity index (χ0) is 11.3. The summed E-state index contributed by atoms with van der Waals surface area (Å²) in [4.78, 5) is 4.33. The highest BCUT2D eigenvalue weighted by Gasteiger charge is 2.10. The summed E-state index contributed by atoms with van der Waals surface area (Å²) < 4.78 is 5.13. The van der Waals surface area contributed by atoms with Gasteiger partial charge < -0.3 is 9.84 Å². The fourth-order valence-electron chi connectivity index (χ4n) is 1.35. The molecule has 2 atom stereocenters. The van der Waals surface area contributed by atoms with Gasteiger partial charge in [-0.3, -0.25) is 0 Å². The van der Waals surface area contributed by atoms with Crippen molar-refractivity contribution in [3.63, 3.8) is 0 Å². The average molecular weight is 229 g/mol. The number of methoxy groups -OCH3 is 1. The van der Waals surface area contributed by atoms with Crippen molar-refractivity contribution in [3.05, 3.63) is 16.1 Å². The number of aromatic nitrogens is 1. The van der Waals surface area contributed by atoms with Gasteiger partial charge in [0.2, 0.25) is 0 Å². The van der Waals surface area contributed by atoms with E-state index in [1.807, 2.05) is 19.2 Å². The zero-order valence-electron chi connectivity index (χ0n) is 9.56. The van der Waals surface area contributed by atoms with Gasteiger partial charge in [-0.05, 0) is 26.7 Å². The van der Waals surface area contributed by atoms with Gasteiger partial charge in [0, 0.05) is 24.6 Å². The van der Waals surface area contributed by atoms with Gasteiger partial charge in [0.05, 0.1) is 17.2 Å². The molecule has 0 aliphatic carbocycles. The first kappa shape index (κ1) is 12.6. The van der Waals surface area contributed by atoms with E-state index < -0.39 is 0 Å². The minimum absolute atomic E-state index is 0.220. The Bertz CT molecular complexity index is 288.